The number of hydrogen-bond acceptors (Lipinski definition) is 4. The van der Waals surface area contributed by atoms with Crippen LogP contribution in [-0.2, 0) is 19.6 Å². The molecule has 0 aliphatic carbocycles. The third-order valence-corrected chi connectivity index (χ3v) is 7.23. The number of carbonyl (C=O) groups is 2. The molecule has 0 unspecified atom stereocenters. The van der Waals surface area contributed by atoms with Crippen LogP contribution < -0.4 is 5.32 Å². The number of rotatable bonds is 3. The Kier molecular flexibility index (Phi) is 5.29. The lowest BCUT2D eigenvalue weighted by Crippen LogP contribution is -2.52. The molecular formula is C20H19F2N3O4S. The predicted octanol–water partition coefficient (Wildman–Crippen LogP) is 1.92. The molecule has 0 aromatic heterocycles. The molecule has 1 atom stereocenters. The first-order valence-corrected chi connectivity index (χ1v) is 10.8. The predicted molar refractivity (Wildman–Crippen MR) is 104 cm³/mol. The topological polar surface area (TPSA) is 86.8 Å². The van der Waals surface area contributed by atoms with E-state index in [0.29, 0.717) is 5.56 Å². The van der Waals surface area contributed by atoms with E-state index in [1.54, 1.807) is 0 Å². The molecule has 2 aromatic rings. The summed E-state index contributed by atoms with van der Waals surface area (Å²) in [5.74, 6) is -2.59. The number of piperazine rings is 1. The van der Waals surface area contributed by atoms with Crippen LogP contribution in [0, 0.1) is 11.6 Å². The van der Waals surface area contributed by atoms with Gasteiger partial charge in [0.1, 0.15) is 11.6 Å². The summed E-state index contributed by atoms with van der Waals surface area (Å²) in [6.07, 6.45) is -0.0563. The first-order chi connectivity index (χ1) is 14.3. The van der Waals surface area contributed by atoms with Crippen molar-refractivity contribution in [3.8, 4) is 0 Å². The van der Waals surface area contributed by atoms with Crippen molar-refractivity contribution in [2.24, 2.45) is 0 Å². The quantitative estimate of drug-likeness (QED) is 0.798. The van der Waals surface area contributed by atoms with Crippen molar-refractivity contribution < 1.29 is 26.8 Å². The van der Waals surface area contributed by atoms with Crippen LogP contribution >= 0.6 is 0 Å². The molecule has 0 spiro atoms. The number of carbonyl (C=O) groups excluding carboxylic acids is 2. The highest BCUT2D eigenvalue weighted by Gasteiger charge is 2.36. The van der Waals surface area contributed by atoms with E-state index >= 15 is 0 Å². The summed E-state index contributed by atoms with van der Waals surface area (Å²) in [5.41, 5.74) is 0.813. The highest BCUT2D eigenvalue weighted by molar-refractivity contribution is 7.89. The third kappa shape index (κ3) is 3.80. The second-order valence-electron chi connectivity index (χ2n) is 7.22. The lowest BCUT2D eigenvalue weighted by Gasteiger charge is -2.36. The number of hydrogen-bond donors (Lipinski definition) is 1. The average Bonchev–Trinajstić information content (AvgIpc) is 2.72. The van der Waals surface area contributed by atoms with E-state index in [2.05, 4.69) is 5.32 Å². The lowest BCUT2D eigenvalue weighted by molar-refractivity contribution is -0.136. The molecule has 1 saturated heterocycles. The zero-order chi connectivity index (χ0) is 21.5. The van der Waals surface area contributed by atoms with E-state index in [4.69, 9.17) is 0 Å². The molecule has 1 fully saturated rings. The number of benzene rings is 2. The fourth-order valence-corrected chi connectivity index (χ4v) is 5.26. The normalized spacial score (nSPS) is 19.9. The van der Waals surface area contributed by atoms with Crippen LogP contribution in [0.15, 0.2) is 47.4 Å². The number of nitrogens with zero attached hydrogens (tertiary/aromatic N) is 2. The Bertz CT molecular complexity index is 1110. The minimum atomic E-state index is -3.87. The van der Waals surface area contributed by atoms with Crippen molar-refractivity contribution in [1.82, 2.24) is 9.21 Å². The largest absolute Gasteiger partial charge is 0.340 e. The molecule has 30 heavy (non-hydrogen) atoms. The van der Waals surface area contributed by atoms with Crippen LogP contribution in [-0.4, -0.2) is 55.6 Å². The number of anilines is 1. The zero-order valence-corrected chi connectivity index (χ0v) is 16.7. The van der Waals surface area contributed by atoms with Crippen LogP contribution in [0.1, 0.15) is 17.9 Å². The van der Waals surface area contributed by atoms with Gasteiger partial charge in [0.05, 0.1) is 10.8 Å². The van der Waals surface area contributed by atoms with Crippen LogP contribution in [0.4, 0.5) is 14.5 Å². The van der Waals surface area contributed by atoms with E-state index < -0.39 is 27.6 Å². The summed E-state index contributed by atoms with van der Waals surface area (Å²) in [4.78, 5) is 26.4. The van der Waals surface area contributed by atoms with Gasteiger partial charge in [-0.05, 0) is 35.9 Å². The molecule has 7 nitrogen and oxygen atoms in total. The van der Waals surface area contributed by atoms with Gasteiger partial charge in [-0.25, -0.2) is 17.2 Å². The summed E-state index contributed by atoms with van der Waals surface area (Å²) in [6.45, 7) is 0.392. The molecule has 2 aliphatic heterocycles. The van der Waals surface area contributed by atoms with Crippen molar-refractivity contribution in [2.45, 2.75) is 17.2 Å². The monoisotopic (exact) mass is 435 g/mol. The van der Waals surface area contributed by atoms with Gasteiger partial charge in [0.15, 0.2) is 0 Å². The van der Waals surface area contributed by atoms with Gasteiger partial charge in [-0.15, -0.1) is 0 Å². The fraction of sp³-hybridized carbons (Fsp3) is 0.300. The van der Waals surface area contributed by atoms with Crippen molar-refractivity contribution in [3.05, 3.63) is 59.7 Å². The minimum absolute atomic E-state index is 0.0553. The van der Waals surface area contributed by atoms with Gasteiger partial charge in [0.25, 0.3) is 0 Å². The molecule has 0 bridgehead atoms. The van der Waals surface area contributed by atoms with Crippen molar-refractivity contribution in [2.75, 3.05) is 31.5 Å². The molecular weight excluding hydrogens is 416 g/mol. The highest BCUT2D eigenvalue weighted by Crippen LogP contribution is 2.34. The maximum Gasteiger partial charge on any atom is 0.243 e. The Morgan fingerprint density at radius 3 is 2.40 bits per heavy atom. The smallest absolute Gasteiger partial charge is 0.243 e. The molecule has 158 valence electrons. The fourth-order valence-electron chi connectivity index (χ4n) is 3.80. The van der Waals surface area contributed by atoms with Gasteiger partial charge in [-0.3, -0.25) is 9.59 Å². The number of fused-ring (bicyclic) bond motifs is 1. The van der Waals surface area contributed by atoms with Gasteiger partial charge in [0, 0.05) is 38.3 Å². The molecule has 10 heteroatoms. The summed E-state index contributed by atoms with van der Waals surface area (Å²) in [5, 5.41) is 2.57. The van der Waals surface area contributed by atoms with Crippen LogP contribution in [0.3, 0.4) is 0 Å². The Morgan fingerprint density at radius 2 is 1.70 bits per heavy atom. The molecule has 2 aliphatic rings. The first kappa shape index (κ1) is 20.4. The Balaban J connectivity index is 1.48. The number of sulfonamides is 1. The van der Waals surface area contributed by atoms with Gasteiger partial charge < -0.3 is 10.2 Å². The number of nitrogens with one attached hydrogen (secondary N) is 1. The molecule has 2 amide bonds. The number of amides is 2. The van der Waals surface area contributed by atoms with Gasteiger partial charge in [-0.2, -0.15) is 4.31 Å². The van der Waals surface area contributed by atoms with Crippen LogP contribution in [0.25, 0.3) is 0 Å². The summed E-state index contributed by atoms with van der Waals surface area (Å²) in [7, 11) is -3.87. The number of halogens is 2. The molecule has 2 aromatic carbocycles. The maximum absolute atomic E-state index is 13.5. The second kappa shape index (κ2) is 7.77. The van der Waals surface area contributed by atoms with Crippen LogP contribution in [0.5, 0.6) is 0 Å². The van der Waals surface area contributed by atoms with Crippen LogP contribution in [0.2, 0.25) is 0 Å². The first-order valence-electron chi connectivity index (χ1n) is 9.39. The highest BCUT2D eigenvalue weighted by atomic mass is 32.2. The molecule has 1 N–H and O–H groups in total. The van der Waals surface area contributed by atoms with Gasteiger partial charge in [-0.1, -0.05) is 12.1 Å². The van der Waals surface area contributed by atoms with Gasteiger partial charge >= 0.3 is 0 Å². The Morgan fingerprint density at radius 1 is 1.00 bits per heavy atom. The molecule has 2 heterocycles. The van der Waals surface area contributed by atoms with E-state index in [-0.39, 0.29) is 55.0 Å². The maximum atomic E-state index is 13.5. The summed E-state index contributed by atoms with van der Waals surface area (Å²) in [6, 6.07) is 8.68. The Labute approximate surface area is 172 Å². The summed E-state index contributed by atoms with van der Waals surface area (Å²) < 4.78 is 53.6. The Hall–Kier alpha value is -2.85. The zero-order valence-electron chi connectivity index (χ0n) is 15.8. The SMILES string of the molecule is O=C1C[C@H](C(=O)N2CCN(S(=O)(=O)c3cccc(F)c3)CC2)c2ccc(F)cc2N1. The second-order valence-corrected chi connectivity index (χ2v) is 9.16. The summed E-state index contributed by atoms with van der Waals surface area (Å²) >= 11 is 0. The van der Waals surface area contributed by atoms with Crippen molar-refractivity contribution in [3.63, 3.8) is 0 Å². The van der Waals surface area contributed by atoms with E-state index in [9.17, 15) is 26.8 Å². The van der Waals surface area contributed by atoms with Gasteiger partial charge in [0.2, 0.25) is 21.8 Å². The molecule has 4 rings (SSSR count). The average molecular weight is 435 g/mol. The molecule has 0 saturated carbocycles. The van der Waals surface area contributed by atoms with Crippen molar-refractivity contribution >= 4 is 27.5 Å². The standard InChI is InChI=1S/C20H19F2N3O4S/c21-13-2-1-3-15(10-13)30(28,29)25-8-6-24(7-9-25)20(27)17-12-19(26)23-18-11-14(22)4-5-16(17)18/h1-5,10-11,17H,6-9,12H2,(H,23,26)/t17-/m0/s1. The van der Waals surface area contributed by atoms with E-state index in [0.717, 1.165) is 6.07 Å². The van der Waals surface area contributed by atoms with E-state index in [1.807, 2.05) is 0 Å². The van der Waals surface area contributed by atoms with Crippen molar-refractivity contribution in [1.29, 1.82) is 0 Å². The van der Waals surface area contributed by atoms with E-state index in [1.165, 1.54) is 45.6 Å². The minimum Gasteiger partial charge on any atom is -0.340 e. The molecule has 0 radical (unpaired) electrons. The lowest BCUT2D eigenvalue weighted by atomic mass is 9.89. The third-order valence-electron chi connectivity index (χ3n) is 5.34.